The number of nitrogens with one attached hydrogen (secondary N) is 1. The normalized spacial score (nSPS) is 15.3. The SMILES string of the molecule is O=C(Nc1ccc(Sc2ccc(Br)cc2)cc1)C1CCOCC1. The van der Waals surface area contributed by atoms with Gasteiger partial charge in [0, 0.05) is 39.1 Å². The number of halogens is 1. The molecule has 23 heavy (non-hydrogen) atoms. The van der Waals surface area contributed by atoms with Crippen LogP contribution in [0.2, 0.25) is 0 Å². The molecular weight excluding hydrogens is 374 g/mol. The Morgan fingerprint density at radius 1 is 1.00 bits per heavy atom. The molecular formula is C18H18BrNO2S. The highest BCUT2D eigenvalue weighted by Crippen LogP contribution is 2.29. The van der Waals surface area contributed by atoms with Crippen molar-refractivity contribution in [2.45, 2.75) is 22.6 Å². The molecule has 1 saturated heterocycles. The Morgan fingerprint density at radius 2 is 1.57 bits per heavy atom. The van der Waals surface area contributed by atoms with Gasteiger partial charge in [-0.3, -0.25) is 4.79 Å². The number of amides is 1. The number of ether oxygens (including phenoxy) is 1. The van der Waals surface area contributed by atoms with Crippen LogP contribution in [-0.4, -0.2) is 19.1 Å². The summed E-state index contributed by atoms with van der Waals surface area (Å²) in [5.41, 5.74) is 0.849. The lowest BCUT2D eigenvalue weighted by atomic mass is 9.99. The summed E-state index contributed by atoms with van der Waals surface area (Å²) in [7, 11) is 0. The fourth-order valence-corrected chi connectivity index (χ4v) is 3.53. The highest BCUT2D eigenvalue weighted by Gasteiger charge is 2.21. The van der Waals surface area contributed by atoms with Crippen LogP contribution in [0.1, 0.15) is 12.8 Å². The van der Waals surface area contributed by atoms with Crippen molar-refractivity contribution in [2.75, 3.05) is 18.5 Å². The average Bonchev–Trinajstić information content (AvgIpc) is 2.59. The minimum atomic E-state index is 0.0700. The molecule has 0 atom stereocenters. The molecule has 0 unspecified atom stereocenters. The van der Waals surface area contributed by atoms with Crippen molar-refractivity contribution in [1.82, 2.24) is 0 Å². The first-order valence-electron chi connectivity index (χ1n) is 7.63. The van der Waals surface area contributed by atoms with E-state index < -0.39 is 0 Å². The van der Waals surface area contributed by atoms with E-state index in [1.165, 1.54) is 4.90 Å². The first kappa shape index (κ1) is 16.6. The predicted octanol–water partition coefficient (Wildman–Crippen LogP) is 4.97. The van der Waals surface area contributed by atoms with E-state index in [9.17, 15) is 4.79 Å². The third-order valence-corrected chi connectivity index (χ3v) is 5.31. The average molecular weight is 392 g/mol. The molecule has 1 N–H and O–H groups in total. The zero-order valence-electron chi connectivity index (χ0n) is 12.6. The summed E-state index contributed by atoms with van der Waals surface area (Å²) in [6.45, 7) is 1.36. The number of hydrogen-bond donors (Lipinski definition) is 1. The quantitative estimate of drug-likeness (QED) is 0.799. The van der Waals surface area contributed by atoms with Gasteiger partial charge in [0.05, 0.1) is 0 Å². The molecule has 1 amide bonds. The van der Waals surface area contributed by atoms with E-state index in [0.717, 1.165) is 27.9 Å². The molecule has 1 fully saturated rings. The Labute approximate surface area is 148 Å². The second-order valence-electron chi connectivity index (χ2n) is 5.46. The van der Waals surface area contributed by atoms with Crippen LogP contribution in [0.15, 0.2) is 62.8 Å². The summed E-state index contributed by atoms with van der Waals surface area (Å²) >= 11 is 5.14. The smallest absolute Gasteiger partial charge is 0.227 e. The third-order valence-electron chi connectivity index (χ3n) is 3.76. The molecule has 1 aliphatic heterocycles. The van der Waals surface area contributed by atoms with E-state index >= 15 is 0 Å². The van der Waals surface area contributed by atoms with E-state index in [4.69, 9.17) is 4.74 Å². The first-order chi connectivity index (χ1) is 11.2. The minimum Gasteiger partial charge on any atom is -0.381 e. The monoisotopic (exact) mass is 391 g/mol. The van der Waals surface area contributed by atoms with E-state index in [-0.39, 0.29) is 11.8 Å². The third kappa shape index (κ3) is 4.83. The van der Waals surface area contributed by atoms with Gasteiger partial charge in [0.1, 0.15) is 0 Å². The van der Waals surface area contributed by atoms with Crippen molar-refractivity contribution in [3.63, 3.8) is 0 Å². The number of carbonyl (C=O) groups excluding carboxylic acids is 1. The Hall–Kier alpha value is -1.30. The molecule has 3 nitrogen and oxygen atoms in total. The zero-order chi connectivity index (χ0) is 16.1. The van der Waals surface area contributed by atoms with E-state index in [1.807, 2.05) is 36.4 Å². The Balaban J connectivity index is 1.58. The van der Waals surface area contributed by atoms with E-state index in [1.54, 1.807) is 11.8 Å². The molecule has 2 aromatic rings. The molecule has 0 aromatic heterocycles. The summed E-state index contributed by atoms with van der Waals surface area (Å²) in [6, 6.07) is 16.2. The lowest BCUT2D eigenvalue weighted by Crippen LogP contribution is -2.28. The molecule has 3 rings (SSSR count). The molecule has 1 heterocycles. The number of benzene rings is 2. The maximum absolute atomic E-state index is 12.2. The van der Waals surface area contributed by atoms with Gasteiger partial charge in [0.2, 0.25) is 5.91 Å². The van der Waals surface area contributed by atoms with Gasteiger partial charge in [0.15, 0.2) is 0 Å². The molecule has 0 bridgehead atoms. The van der Waals surface area contributed by atoms with Crippen LogP contribution < -0.4 is 5.32 Å². The van der Waals surface area contributed by atoms with Crippen molar-refractivity contribution in [3.05, 3.63) is 53.0 Å². The number of carbonyl (C=O) groups is 1. The summed E-state index contributed by atoms with van der Waals surface area (Å²) in [4.78, 5) is 14.5. The topological polar surface area (TPSA) is 38.3 Å². The maximum Gasteiger partial charge on any atom is 0.227 e. The van der Waals surface area contributed by atoms with E-state index in [0.29, 0.717) is 13.2 Å². The molecule has 120 valence electrons. The summed E-state index contributed by atoms with van der Waals surface area (Å²) < 4.78 is 6.37. The maximum atomic E-state index is 12.2. The molecule has 0 aliphatic carbocycles. The minimum absolute atomic E-state index is 0.0700. The summed E-state index contributed by atoms with van der Waals surface area (Å²) in [5, 5.41) is 3.00. The van der Waals surface area contributed by atoms with Crippen LogP contribution in [0.25, 0.3) is 0 Å². The summed E-state index contributed by atoms with van der Waals surface area (Å²) in [6.07, 6.45) is 1.62. The van der Waals surface area contributed by atoms with Gasteiger partial charge in [-0.2, -0.15) is 0 Å². The predicted molar refractivity (Wildman–Crippen MR) is 96.9 cm³/mol. The van der Waals surface area contributed by atoms with Crippen molar-refractivity contribution in [3.8, 4) is 0 Å². The van der Waals surface area contributed by atoms with Crippen LogP contribution in [-0.2, 0) is 9.53 Å². The Bertz CT molecular complexity index is 652. The lowest BCUT2D eigenvalue weighted by Gasteiger charge is -2.21. The second kappa shape index (κ2) is 7.99. The number of rotatable bonds is 4. The highest BCUT2D eigenvalue weighted by atomic mass is 79.9. The van der Waals surface area contributed by atoms with Crippen molar-refractivity contribution >= 4 is 39.3 Å². The fourth-order valence-electron chi connectivity index (χ4n) is 2.45. The van der Waals surface area contributed by atoms with Crippen LogP contribution in [0.5, 0.6) is 0 Å². The zero-order valence-corrected chi connectivity index (χ0v) is 15.0. The Kier molecular flexibility index (Phi) is 5.75. The summed E-state index contributed by atoms with van der Waals surface area (Å²) in [5.74, 6) is 0.169. The largest absolute Gasteiger partial charge is 0.381 e. The molecule has 5 heteroatoms. The molecule has 2 aromatic carbocycles. The van der Waals surface area contributed by atoms with Gasteiger partial charge >= 0.3 is 0 Å². The van der Waals surface area contributed by atoms with Crippen molar-refractivity contribution in [2.24, 2.45) is 5.92 Å². The van der Waals surface area contributed by atoms with Gasteiger partial charge in [-0.15, -0.1) is 0 Å². The van der Waals surface area contributed by atoms with Crippen molar-refractivity contribution in [1.29, 1.82) is 0 Å². The van der Waals surface area contributed by atoms with Crippen LogP contribution >= 0.6 is 27.7 Å². The second-order valence-corrected chi connectivity index (χ2v) is 7.52. The highest BCUT2D eigenvalue weighted by molar-refractivity contribution is 9.10. The molecule has 1 aliphatic rings. The molecule has 0 spiro atoms. The standard InChI is InChI=1S/C18H18BrNO2S/c19-14-1-5-16(6-2-14)23-17-7-3-15(4-8-17)20-18(21)13-9-11-22-12-10-13/h1-8,13H,9-12H2,(H,20,21). The first-order valence-corrected chi connectivity index (χ1v) is 9.24. The molecule has 0 saturated carbocycles. The van der Waals surface area contributed by atoms with Crippen LogP contribution in [0.3, 0.4) is 0 Å². The van der Waals surface area contributed by atoms with Crippen LogP contribution in [0.4, 0.5) is 5.69 Å². The van der Waals surface area contributed by atoms with E-state index in [2.05, 4.69) is 33.4 Å². The molecule has 0 radical (unpaired) electrons. The number of anilines is 1. The number of hydrogen-bond acceptors (Lipinski definition) is 3. The van der Waals surface area contributed by atoms with Gasteiger partial charge < -0.3 is 10.1 Å². The lowest BCUT2D eigenvalue weighted by molar-refractivity contribution is -0.122. The van der Waals surface area contributed by atoms with Gasteiger partial charge in [-0.25, -0.2) is 0 Å². The Morgan fingerprint density at radius 3 is 2.17 bits per heavy atom. The fraction of sp³-hybridized carbons (Fsp3) is 0.278. The van der Waals surface area contributed by atoms with Gasteiger partial charge in [0.25, 0.3) is 0 Å². The van der Waals surface area contributed by atoms with Gasteiger partial charge in [-0.1, -0.05) is 27.7 Å². The van der Waals surface area contributed by atoms with Crippen LogP contribution in [0, 0.1) is 5.92 Å². The van der Waals surface area contributed by atoms with Crippen molar-refractivity contribution < 1.29 is 9.53 Å². The van der Waals surface area contributed by atoms with Gasteiger partial charge in [-0.05, 0) is 61.4 Å².